The van der Waals surface area contributed by atoms with Crippen molar-refractivity contribution in [3.63, 3.8) is 0 Å². The fourth-order valence-electron chi connectivity index (χ4n) is 1.36. The molecule has 0 spiro atoms. The van der Waals surface area contributed by atoms with Crippen molar-refractivity contribution in [3.05, 3.63) is 17.8 Å². The van der Waals surface area contributed by atoms with Crippen LogP contribution >= 0.6 is 0 Å². The first-order valence-corrected chi connectivity index (χ1v) is 4.07. The van der Waals surface area contributed by atoms with Crippen molar-refractivity contribution in [1.82, 2.24) is 4.98 Å². The van der Waals surface area contributed by atoms with E-state index in [9.17, 15) is 0 Å². The lowest BCUT2D eigenvalue weighted by Gasteiger charge is -2.02. The fourth-order valence-corrected chi connectivity index (χ4v) is 1.36. The molecule has 4 nitrogen and oxygen atoms in total. The van der Waals surface area contributed by atoms with Crippen molar-refractivity contribution < 1.29 is 14.3 Å². The molecule has 0 amide bonds. The van der Waals surface area contributed by atoms with Gasteiger partial charge in [0.05, 0.1) is 0 Å². The van der Waals surface area contributed by atoms with Gasteiger partial charge in [-0.2, -0.15) is 0 Å². The van der Waals surface area contributed by atoms with Gasteiger partial charge < -0.3 is 14.3 Å². The number of ether oxygens (including phenoxy) is 1. The monoisotopic (exact) mass is 169 g/mol. The summed E-state index contributed by atoms with van der Waals surface area (Å²) in [4.78, 5) is 4.07. The molecule has 1 N–H and O–H groups in total. The Kier molecular flexibility index (Phi) is 2.10. The molecule has 1 aliphatic rings. The van der Waals surface area contributed by atoms with Crippen LogP contribution in [0.2, 0.25) is 0 Å². The van der Waals surface area contributed by atoms with Crippen molar-refractivity contribution in [3.8, 4) is 0 Å². The number of oxazole rings is 1. The van der Waals surface area contributed by atoms with Crippen molar-refractivity contribution in [2.45, 2.75) is 25.6 Å². The maximum Gasteiger partial charge on any atom is 0.220 e. The topological polar surface area (TPSA) is 55.5 Å². The summed E-state index contributed by atoms with van der Waals surface area (Å²) in [5.74, 6) is 0.362. The lowest BCUT2D eigenvalue weighted by Crippen LogP contribution is -1.96. The van der Waals surface area contributed by atoms with Gasteiger partial charge in [0.1, 0.15) is 24.7 Å². The van der Waals surface area contributed by atoms with Crippen LogP contribution in [0.3, 0.4) is 0 Å². The Labute approximate surface area is 70.2 Å². The first-order valence-electron chi connectivity index (χ1n) is 4.07. The summed E-state index contributed by atoms with van der Waals surface area (Å²) in [6.07, 6.45) is 3.71. The van der Waals surface area contributed by atoms with Crippen molar-refractivity contribution in [2.24, 2.45) is 0 Å². The van der Waals surface area contributed by atoms with Crippen molar-refractivity contribution in [1.29, 1.82) is 0 Å². The van der Waals surface area contributed by atoms with E-state index < -0.39 is 0 Å². The first kappa shape index (κ1) is 7.76. The van der Waals surface area contributed by atoms with Crippen molar-refractivity contribution in [2.75, 3.05) is 6.61 Å². The first-order chi connectivity index (χ1) is 5.90. The normalized spacial score (nSPS) is 23.2. The zero-order valence-corrected chi connectivity index (χ0v) is 6.69. The largest absolute Gasteiger partial charge is 0.446 e. The molecule has 1 unspecified atom stereocenters. The van der Waals surface area contributed by atoms with Crippen molar-refractivity contribution >= 4 is 0 Å². The summed E-state index contributed by atoms with van der Waals surface area (Å²) in [6, 6.07) is 0. The predicted octanol–water partition coefficient (Wildman–Crippen LogP) is 1.02. The average molecular weight is 169 g/mol. The summed E-state index contributed by atoms with van der Waals surface area (Å²) >= 11 is 0. The van der Waals surface area contributed by atoms with Gasteiger partial charge in [0, 0.05) is 6.61 Å². The van der Waals surface area contributed by atoms with E-state index in [4.69, 9.17) is 14.3 Å². The minimum Gasteiger partial charge on any atom is -0.446 e. The quantitative estimate of drug-likeness (QED) is 0.718. The molecule has 1 saturated heterocycles. The van der Waals surface area contributed by atoms with Gasteiger partial charge in [-0.05, 0) is 12.8 Å². The Balaban J connectivity index is 2.11. The van der Waals surface area contributed by atoms with Gasteiger partial charge in [0.25, 0.3) is 0 Å². The van der Waals surface area contributed by atoms with Crippen LogP contribution in [0, 0.1) is 0 Å². The molecule has 1 fully saturated rings. The molecule has 0 aliphatic carbocycles. The van der Waals surface area contributed by atoms with Gasteiger partial charge in [-0.25, -0.2) is 4.98 Å². The van der Waals surface area contributed by atoms with E-state index in [-0.39, 0.29) is 12.7 Å². The average Bonchev–Trinajstić information content (AvgIpc) is 2.75. The lowest BCUT2D eigenvalue weighted by atomic mass is 10.2. The number of aromatic nitrogens is 1. The molecule has 4 heteroatoms. The number of hydrogen-bond acceptors (Lipinski definition) is 4. The van der Waals surface area contributed by atoms with Gasteiger partial charge in [-0.3, -0.25) is 0 Å². The summed E-state index contributed by atoms with van der Waals surface area (Å²) < 4.78 is 10.4. The summed E-state index contributed by atoms with van der Waals surface area (Å²) in [5.41, 5.74) is 0.802. The summed E-state index contributed by atoms with van der Waals surface area (Å²) in [5, 5.41) is 8.70. The minimum atomic E-state index is -0.146. The predicted molar refractivity (Wildman–Crippen MR) is 40.4 cm³/mol. The third kappa shape index (κ3) is 1.35. The molecular weight excluding hydrogens is 158 g/mol. The Morgan fingerprint density at radius 2 is 2.58 bits per heavy atom. The van der Waals surface area contributed by atoms with Crippen LogP contribution < -0.4 is 0 Å². The lowest BCUT2D eigenvalue weighted by molar-refractivity contribution is 0.108. The highest BCUT2D eigenvalue weighted by molar-refractivity contribution is 5.01. The molecule has 0 bridgehead atoms. The van der Waals surface area contributed by atoms with Gasteiger partial charge in [0.2, 0.25) is 5.89 Å². The van der Waals surface area contributed by atoms with Crippen LogP contribution in [0.15, 0.2) is 10.7 Å². The third-order valence-electron chi connectivity index (χ3n) is 1.96. The second kappa shape index (κ2) is 3.25. The van der Waals surface area contributed by atoms with E-state index in [1.807, 2.05) is 0 Å². The SMILES string of the molecule is OCc1nc(C2CCCO2)co1. The highest BCUT2D eigenvalue weighted by Gasteiger charge is 2.20. The van der Waals surface area contributed by atoms with E-state index in [0.29, 0.717) is 5.89 Å². The molecule has 0 radical (unpaired) electrons. The molecule has 66 valence electrons. The molecular formula is C8H11NO3. The van der Waals surface area contributed by atoms with E-state index in [1.54, 1.807) is 6.26 Å². The second-order valence-electron chi connectivity index (χ2n) is 2.83. The molecule has 1 aromatic rings. The third-order valence-corrected chi connectivity index (χ3v) is 1.96. The van der Waals surface area contributed by atoms with Gasteiger partial charge in [0.15, 0.2) is 0 Å². The maximum absolute atomic E-state index is 8.70. The minimum absolute atomic E-state index is 0.0778. The van der Waals surface area contributed by atoms with E-state index >= 15 is 0 Å². The Morgan fingerprint density at radius 1 is 1.67 bits per heavy atom. The smallest absolute Gasteiger partial charge is 0.220 e. The molecule has 2 rings (SSSR count). The number of rotatable bonds is 2. The van der Waals surface area contributed by atoms with Gasteiger partial charge in [-0.1, -0.05) is 0 Å². The van der Waals surface area contributed by atoms with Crippen LogP contribution in [0.25, 0.3) is 0 Å². The van der Waals surface area contributed by atoms with Gasteiger partial charge >= 0.3 is 0 Å². The molecule has 1 aliphatic heterocycles. The zero-order valence-electron chi connectivity index (χ0n) is 6.69. The van der Waals surface area contributed by atoms with Crippen LogP contribution in [-0.4, -0.2) is 16.7 Å². The summed E-state index contributed by atoms with van der Waals surface area (Å²) in [7, 11) is 0. The Morgan fingerprint density at radius 3 is 3.17 bits per heavy atom. The molecule has 1 aromatic heterocycles. The molecule has 0 saturated carbocycles. The van der Waals surface area contributed by atoms with E-state index in [1.165, 1.54) is 0 Å². The molecule has 2 heterocycles. The van der Waals surface area contributed by atoms with E-state index in [2.05, 4.69) is 4.98 Å². The second-order valence-corrected chi connectivity index (χ2v) is 2.83. The standard InChI is InChI=1S/C8H11NO3/c10-4-8-9-6(5-12-8)7-2-1-3-11-7/h5,7,10H,1-4H2. The molecule has 12 heavy (non-hydrogen) atoms. The van der Waals surface area contributed by atoms with Crippen LogP contribution in [-0.2, 0) is 11.3 Å². The number of hydrogen-bond donors (Lipinski definition) is 1. The Bertz CT molecular complexity index is 253. The van der Waals surface area contributed by atoms with E-state index in [0.717, 1.165) is 25.1 Å². The number of nitrogens with zero attached hydrogens (tertiary/aromatic N) is 1. The Hall–Kier alpha value is -0.870. The van der Waals surface area contributed by atoms with Crippen LogP contribution in [0.4, 0.5) is 0 Å². The highest BCUT2D eigenvalue weighted by atomic mass is 16.5. The fraction of sp³-hybridized carbons (Fsp3) is 0.625. The number of aliphatic hydroxyl groups is 1. The summed E-state index contributed by atoms with van der Waals surface area (Å²) in [6.45, 7) is 0.651. The van der Waals surface area contributed by atoms with Crippen LogP contribution in [0.1, 0.15) is 30.5 Å². The maximum atomic E-state index is 8.70. The number of aliphatic hydroxyl groups excluding tert-OH is 1. The van der Waals surface area contributed by atoms with Crippen LogP contribution in [0.5, 0.6) is 0 Å². The molecule has 1 atom stereocenters. The highest BCUT2D eigenvalue weighted by Crippen LogP contribution is 2.27. The van der Waals surface area contributed by atoms with Gasteiger partial charge in [-0.15, -0.1) is 0 Å². The molecule has 0 aromatic carbocycles. The zero-order chi connectivity index (χ0) is 8.39.